The zero-order chi connectivity index (χ0) is 35.8. The molecule has 0 spiro atoms. The lowest BCUT2D eigenvalue weighted by Crippen LogP contribution is -2.28. The summed E-state index contributed by atoms with van der Waals surface area (Å²) in [5, 5.41) is 0. The van der Waals surface area contributed by atoms with Gasteiger partial charge in [0.1, 0.15) is 38.9 Å². The molecule has 11 heteroatoms. The molecule has 4 aromatic carbocycles. The fraction of sp³-hybridized carbons (Fsp3) is 0.351. The van der Waals surface area contributed by atoms with Crippen LogP contribution in [-0.2, 0) is 19.9 Å². The summed E-state index contributed by atoms with van der Waals surface area (Å²) in [6.45, 7) is 16.9. The summed E-state index contributed by atoms with van der Waals surface area (Å²) >= 11 is 0. The zero-order valence-electron chi connectivity index (χ0n) is 28.6. The molecule has 0 heterocycles. The van der Waals surface area contributed by atoms with Gasteiger partial charge >= 0.3 is 16.3 Å². The summed E-state index contributed by atoms with van der Waals surface area (Å²) in [6.07, 6.45) is -4.65. The van der Waals surface area contributed by atoms with Crippen LogP contribution in [-0.4, -0.2) is 25.2 Å². The van der Waals surface area contributed by atoms with Crippen molar-refractivity contribution in [3.8, 4) is 17.2 Å². The van der Waals surface area contributed by atoms with Crippen molar-refractivity contribution in [2.75, 3.05) is 0 Å². The predicted octanol–water partition coefficient (Wildman–Crippen LogP) is 10.8. The Morgan fingerprint density at radius 1 is 0.521 bits per heavy atom. The third kappa shape index (κ3) is 9.06. The summed E-state index contributed by atoms with van der Waals surface area (Å²) in [6, 6.07) is 24.3. The van der Waals surface area contributed by atoms with E-state index >= 15 is 0 Å². The molecule has 0 aliphatic carbocycles. The highest BCUT2D eigenvalue weighted by Crippen LogP contribution is 2.75. The quantitative estimate of drug-likeness (QED) is 0.173. The summed E-state index contributed by atoms with van der Waals surface area (Å²) in [7, 11) is -8.12. The standard InChI is InChI=1S/C37H43F3O6S2/c1-34(2,3)43-27-24-31(44-35(4,5)6)33(32(25-27)45-36(7,8)9)47(28-16-12-10-13-17-28,29-18-14-11-15-19-29)46-48(41,42)30-22-20-26(21-23-30)37(38,39)40/h10-25H,1-9H3. The molecule has 0 aliphatic heterocycles. The minimum atomic E-state index is -4.76. The number of hydrogen-bond donors (Lipinski definition) is 0. The topological polar surface area (TPSA) is 71.1 Å². The number of benzene rings is 4. The van der Waals surface area contributed by atoms with E-state index < -0.39 is 53.9 Å². The van der Waals surface area contributed by atoms with Gasteiger partial charge in [-0.05, 0) is 121 Å². The Bertz CT molecular complexity index is 1730. The second-order valence-electron chi connectivity index (χ2n) is 14.1. The van der Waals surface area contributed by atoms with Crippen molar-refractivity contribution in [3.63, 3.8) is 0 Å². The van der Waals surface area contributed by atoms with E-state index in [1.165, 1.54) is 0 Å². The molecule has 0 N–H and O–H groups in total. The lowest BCUT2D eigenvalue weighted by Gasteiger charge is -2.42. The molecule has 4 aromatic rings. The second-order valence-corrected chi connectivity index (χ2v) is 18.5. The molecule has 0 atom stereocenters. The highest BCUT2D eigenvalue weighted by atomic mass is 32.3. The van der Waals surface area contributed by atoms with Crippen LogP contribution in [0.4, 0.5) is 13.2 Å². The summed E-state index contributed by atoms with van der Waals surface area (Å²) in [5.41, 5.74) is -3.15. The van der Waals surface area contributed by atoms with Crippen LogP contribution >= 0.6 is 10.3 Å². The smallest absolute Gasteiger partial charge is 0.416 e. The first-order valence-electron chi connectivity index (χ1n) is 15.3. The van der Waals surface area contributed by atoms with Crippen LogP contribution in [0.5, 0.6) is 17.2 Å². The van der Waals surface area contributed by atoms with Crippen molar-refractivity contribution in [2.45, 2.75) is 105 Å². The maximum absolute atomic E-state index is 14.4. The first-order chi connectivity index (χ1) is 22.0. The maximum Gasteiger partial charge on any atom is 0.416 e. The molecule has 260 valence electrons. The van der Waals surface area contributed by atoms with Gasteiger partial charge in [-0.25, -0.2) is 3.63 Å². The molecular weight excluding hydrogens is 662 g/mol. The van der Waals surface area contributed by atoms with Crippen LogP contribution in [0, 0.1) is 0 Å². The monoisotopic (exact) mass is 704 g/mol. The molecule has 48 heavy (non-hydrogen) atoms. The number of ether oxygens (including phenoxy) is 3. The Labute approximate surface area is 283 Å². The fourth-order valence-corrected chi connectivity index (χ4v) is 10.1. The van der Waals surface area contributed by atoms with E-state index in [1.54, 1.807) is 72.8 Å². The third-order valence-corrected chi connectivity index (χ3v) is 11.6. The van der Waals surface area contributed by atoms with E-state index in [1.807, 2.05) is 62.3 Å². The van der Waals surface area contributed by atoms with Crippen molar-refractivity contribution in [2.24, 2.45) is 0 Å². The molecule has 0 aromatic heterocycles. The second kappa shape index (κ2) is 13.3. The molecule has 0 bridgehead atoms. The Balaban J connectivity index is 2.18. The van der Waals surface area contributed by atoms with Gasteiger partial charge in [-0.3, -0.25) is 0 Å². The molecule has 0 amide bonds. The SMILES string of the molecule is CC(C)(C)Oc1cc(OC(C)(C)C)c(S(OS(=O)(=O)c2ccc(C(F)(F)F)cc2)(c2ccccc2)c2ccccc2)c(OC(C)(C)C)c1. The molecular formula is C37H43F3O6S2. The minimum absolute atomic E-state index is 0.258. The zero-order valence-corrected chi connectivity index (χ0v) is 30.3. The molecule has 0 aliphatic rings. The number of halogens is 3. The number of hydrogen-bond acceptors (Lipinski definition) is 6. The molecule has 0 unspecified atom stereocenters. The van der Waals surface area contributed by atoms with Gasteiger partial charge in [0.15, 0.2) is 0 Å². The molecule has 6 nitrogen and oxygen atoms in total. The van der Waals surface area contributed by atoms with Gasteiger partial charge in [0.05, 0.1) is 10.5 Å². The molecule has 0 fully saturated rings. The summed E-state index contributed by atoms with van der Waals surface area (Å²) < 4.78 is 95.1. The van der Waals surface area contributed by atoms with E-state index in [-0.39, 0.29) is 11.5 Å². The Morgan fingerprint density at radius 3 is 1.27 bits per heavy atom. The van der Waals surface area contributed by atoms with Gasteiger partial charge in [-0.2, -0.15) is 21.6 Å². The third-order valence-electron chi connectivity index (χ3n) is 6.35. The van der Waals surface area contributed by atoms with E-state index in [2.05, 4.69) is 0 Å². The largest absolute Gasteiger partial charge is 0.488 e. The molecule has 0 saturated carbocycles. The van der Waals surface area contributed by atoms with Crippen molar-refractivity contribution < 1.29 is 39.4 Å². The lowest BCUT2D eigenvalue weighted by molar-refractivity contribution is -0.137. The molecule has 0 radical (unpaired) electrons. The highest BCUT2D eigenvalue weighted by Gasteiger charge is 2.44. The minimum Gasteiger partial charge on any atom is -0.488 e. The van der Waals surface area contributed by atoms with Crippen molar-refractivity contribution >= 4 is 20.4 Å². The van der Waals surface area contributed by atoms with Crippen LogP contribution in [0.3, 0.4) is 0 Å². The number of alkyl halides is 3. The Kier molecular flexibility index (Phi) is 10.3. The van der Waals surface area contributed by atoms with Crippen LogP contribution in [0.15, 0.2) is 117 Å². The van der Waals surface area contributed by atoms with Crippen molar-refractivity contribution in [3.05, 3.63) is 103 Å². The Morgan fingerprint density at radius 2 is 0.917 bits per heavy atom. The lowest BCUT2D eigenvalue weighted by atomic mass is 10.1. The first-order valence-corrected chi connectivity index (χ1v) is 18.3. The average molecular weight is 705 g/mol. The summed E-state index contributed by atoms with van der Waals surface area (Å²) in [5.74, 6) is 0.937. The van der Waals surface area contributed by atoms with Crippen molar-refractivity contribution in [1.82, 2.24) is 0 Å². The van der Waals surface area contributed by atoms with Crippen LogP contribution in [0.25, 0.3) is 0 Å². The van der Waals surface area contributed by atoms with E-state index in [0.717, 1.165) is 24.3 Å². The van der Waals surface area contributed by atoms with Gasteiger partial charge in [0.2, 0.25) is 0 Å². The summed E-state index contributed by atoms with van der Waals surface area (Å²) in [4.78, 5) is 0.826. The molecule has 4 rings (SSSR count). The van der Waals surface area contributed by atoms with Gasteiger partial charge in [-0.1, -0.05) is 36.4 Å². The number of rotatable bonds is 9. The van der Waals surface area contributed by atoms with Gasteiger partial charge in [-0.15, -0.1) is 0 Å². The van der Waals surface area contributed by atoms with Crippen LogP contribution < -0.4 is 14.2 Å². The van der Waals surface area contributed by atoms with E-state index in [0.29, 0.717) is 20.4 Å². The fourth-order valence-electron chi connectivity index (χ4n) is 4.75. The van der Waals surface area contributed by atoms with Crippen LogP contribution in [0.2, 0.25) is 0 Å². The van der Waals surface area contributed by atoms with Crippen molar-refractivity contribution in [1.29, 1.82) is 0 Å². The predicted molar refractivity (Wildman–Crippen MR) is 183 cm³/mol. The first kappa shape index (κ1) is 37.2. The molecule has 0 saturated heterocycles. The van der Waals surface area contributed by atoms with Gasteiger partial charge < -0.3 is 14.2 Å². The average Bonchev–Trinajstić information content (AvgIpc) is 2.94. The van der Waals surface area contributed by atoms with E-state index in [9.17, 15) is 21.6 Å². The highest BCUT2D eigenvalue weighted by molar-refractivity contribution is 8.33. The van der Waals surface area contributed by atoms with Crippen LogP contribution in [0.1, 0.15) is 67.9 Å². The maximum atomic E-state index is 14.4. The van der Waals surface area contributed by atoms with Gasteiger partial charge in [0, 0.05) is 21.9 Å². The Hall–Kier alpha value is -3.67. The normalized spacial score (nSPS) is 13.6. The van der Waals surface area contributed by atoms with Gasteiger partial charge in [0.25, 0.3) is 0 Å². The van der Waals surface area contributed by atoms with E-state index in [4.69, 9.17) is 17.8 Å².